The molecule has 4 N–H and O–H groups in total. The molecule has 1 fully saturated rings. The van der Waals surface area contributed by atoms with Crippen LogP contribution in [0.2, 0.25) is 0 Å². The Balaban J connectivity index is 1.43. The molecule has 7 nitrogen and oxygen atoms in total. The van der Waals surface area contributed by atoms with Gasteiger partial charge in [0.05, 0.1) is 5.69 Å². The number of hydrogen-bond donors (Lipinski definition) is 2. The number of nitrogens with two attached hydrogens (primary N) is 2. The maximum absolute atomic E-state index is 12.5. The average molecular weight is 463 g/mol. The second kappa shape index (κ2) is 8.73. The predicted octanol–water partition coefficient (Wildman–Crippen LogP) is 3.77. The second-order valence-corrected chi connectivity index (χ2v) is 8.80. The van der Waals surface area contributed by atoms with E-state index in [0.29, 0.717) is 22.7 Å². The lowest BCUT2D eigenvalue weighted by Gasteiger charge is -2.33. The van der Waals surface area contributed by atoms with E-state index in [2.05, 4.69) is 19.9 Å². The first kappa shape index (κ1) is 22.0. The van der Waals surface area contributed by atoms with Crippen LogP contribution >= 0.6 is 11.3 Å². The maximum Gasteiger partial charge on any atom is 0.573 e. The Kier molecular flexibility index (Phi) is 6.00. The van der Waals surface area contributed by atoms with Crippen LogP contribution in [0.1, 0.15) is 46.5 Å². The van der Waals surface area contributed by atoms with Gasteiger partial charge in [-0.3, -0.25) is 9.78 Å². The lowest BCUT2D eigenvalue weighted by atomic mass is 9.72. The molecule has 0 spiro atoms. The highest BCUT2D eigenvalue weighted by molar-refractivity contribution is 7.15. The van der Waals surface area contributed by atoms with Gasteiger partial charge in [0.15, 0.2) is 0 Å². The SMILES string of the molecule is NC(=O)C(c1cccc(OC(F)(F)F)c1)c1ccc(CC2CC(c3nnc(N)s3)C2)cn1. The molecule has 1 amide bonds. The first-order valence-corrected chi connectivity index (χ1v) is 10.7. The van der Waals surface area contributed by atoms with Gasteiger partial charge in [-0.1, -0.05) is 29.5 Å². The van der Waals surface area contributed by atoms with E-state index in [4.69, 9.17) is 11.5 Å². The standard InChI is InChI=1S/C21H20F3N5O2S/c22-21(23,24)31-15-3-1-2-13(9-15)17(18(25)30)16-5-4-11(10-27-16)6-12-7-14(8-12)19-28-29-20(26)32-19/h1-5,9-10,12,14,17H,6-8H2,(H2,25,30)(H2,26,29). The molecule has 32 heavy (non-hydrogen) atoms. The lowest BCUT2D eigenvalue weighted by Crippen LogP contribution is -2.25. The van der Waals surface area contributed by atoms with Crippen LogP contribution < -0.4 is 16.2 Å². The maximum atomic E-state index is 12.5. The zero-order valence-corrected chi connectivity index (χ0v) is 17.6. The summed E-state index contributed by atoms with van der Waals surface area (Å²) in [4.78, 5) is 16.5. The third kappa shape index (κ3) is 5.16. The van der Waals surface area contributed by atoms with Gasteiger partial charge in [0.1, 0.15) is 16.7 Å². The fraction of sp³-hybridized carbons (Fsp3) is 0.333. The largest absolute Gasteiger partial charge is 0.573 e. The summed E-state index contributed by atoms with van der Waals surface area (Å²) in [5.41, 5.74) is 12.8. The molecule has 3 aromatic rings. The quantitative estimate of drug-likeness (QED) is 0.551. The van der Waals surface area contributed by atoms with Crippen molar-refractivity contribution >= 4 is 22.4 Å². The number of primary amides is 1. The van der Waals surface area contributed by atoms with Gasteiger partial charge in [-0.15, -0.1) is 23.4 Å². The number of halogens is 3. The molecule has 0 radical (unpaired) electrons. The van der Waals surface area contributed by atoms with Gasteiger partial charge >= 0.3 is 6.36 Å². The van der Waals surface area contributed by atoms with Gasteiger partial charge in [-0.05, 0) is 54.5 Å². The molecule has 1 atom stereocenters. The highest BCUT2D eigenvalue weighted by Crippen LogP contribution is 2.44. The Morgan fingerprint density at radius 2 is 2.00 bits per heavy atom. The number of ether oxygens (including phenoxy) is 1. The summed E-state index contributed by atoms with van der Waals surface area (Å²) in [7, 11) is 0. The molecule has 2 aromatic heterocycles. The van der Waals surface area contributed by atoms with Crippen molar-refractivity contribution in [3.8, 4) is 5.75 Å². The number of nitrogens with zero attached hydrogens (tertiary/aromatic N) is 3. The highest BCUT2D eigenvalue weighted by Gasteiger charge is 2.33. The molecule has 0 aliphatic heterocycles. The molecular formula is C21H20F3N5O2S. The molecule has 1 aliphatic carbocycles. The molecular weight excluding hydrogens is 443 g/mol. The zero-order valence-electron chi connectivity index (χ0n) is 16.7. The van der Waals surface area contributed by atoms with Crippen molar-refractivity contribution in [2.24, 2.45) is 11.7 Å². The number of carbonyl (C=O) groups excluding carboxylic acids is 1. The van der Waals surface area contributed by atoms with E-state index in [-0.39, 0.29) is 5.56 Å². The summed E-state index contributed by atoms with van der Waals surface area (Å²) < 4.78 is 41.5. The molecule has 2 heterocycles. The Labute approximate surface area is 185 Å². The number of hydrogen-bond acceptors (Lipinski definition) is 7. The molecule has 1 aliphatic rings. The number of amides is 1. The summed E-state index contributed by atoms with van der Waals surface area (Å²) in [6.07, 6.45) is -0.339. The molecule has 168 valence electrons. The van der Waals surface area contributed by atoms with E-state index >= 15 is 0 Å². The first-order valence-electron chi connectivity index (χ1n) is 9.86. The second-order valence-electron chi connectivity index (χ2n) is 7.76. The van der Waals surface area contributed by atoms with Crippen molar-refractivity contribution in [1.82, 2.24) is 15.2 Å². The number of alkyl halides is 3. The molecule has 0 bridgehead atoms. The Hall–Kier alpha value is -3.21. The monoisotopic (exact) mass is 463 g/mol. The number of rotatable bonds is 7. The zero-order chi connectivity index (χ0) is 22.9. The van der Waals surface area contributed by atoms with E-state index < -0.39 is 23.9 Å². The van der Waals surface area contributed by atoms with E-state index in [1.54, 1.807) is 12.3 Å². The summed E-state index contributed by atoms with van der Waals surface area (Å²) in [5.74, 6) is -1.26. The van der Waals surface area contributed by atoms with Crippen molar-refractivity contribution in [3.05, 3.63) is 64.4 Å². The van der Waals surface area contributed by atoms with Gasteiger partial charge in [-0.2, -0.15) is 0 Å². The average Bonchev–Trinajstić information content (AvgIpc) is 3.10. The van der Waals surface area contributed by atoms with Crippen molar-refractivity contribution < 1.29 is 22.7 Å². The number of carbonyl (C=O) groups is 1. The molecule has 1 aromatic carbocycles. The minimum atomic E-state index is -4.83. The lowest BCUT2D eigenvalue weighted by molar-refractivity contribution is -0.274. The van der Waals surface area contributed by atoms with Crippen LogP contribution in [0.25, 0.3) is 0 Å². The molecule has 11 heteroatoms. The number of nitrogen functional groups attached to an aromatic ring is 1. The van der Waals surface area contributed by atoms with Gasteiger partial charge in [0, 0.05) is 12.1 Å². The van der Waals surface area contributed by atoms with Crippen LogP contribution in [0, 0.1) is 5.92 Å². The summed E-state index contributed by atoms with van der Waals surface area (Å²) in [6.45, 7) is 0. The molecule has 1 saturated carbocycles. The van der Waals surface area contributed by atoms with Crippen LogP contribution in [-0.2, 0) is 11.2 Å². The Morgan fingerprint density at radius 3 is 2.59 bits per heavy atom. The Bertz CT molecular complexity index is 1100. The summed E-state index contributed by atoms with van der Waals surface area (Å²) in [6, 6.07) is 8.75. The fourth-order valence-corrected chi connectivity index (χ4v) is 4.68. The van der Waals surface area contributed by atoms with Crippen LogP contribution in [0.15, 0.2) is 42.6 Å². The topological polar surface area (TPSA) is 117 Å². The van der Waals surface area contributed by atoms with Crippen LogP contribution in [0.5, 0.6) is 5.75 Å². The van der Waals surface area contributed by atoms with Crippen LogP contribution in [0.4, 0.5) is 18.3 Å². The number of anilines is 1. The third-order valence-electron chi connectivity index (χ3n) is 5.42. The van der Waals surface area contributed by atoms with E-state index in [1.165, 1.54) is 23.5 Å². The van der Waals surface area contributed by atoms with Crippen molar-refractivity contribution in [2.75, 3.05) is 5.73 Å². The van der Waals surface area contributed by atoms with Crippen molar-refractivity contribution in [2.45, 2.75) is 37.5 Å². The van der Waals surface area contributed by atoms with Crippen LogP contribution in [0.3, 0.4) is 0 Å². The number of pyridine rings is 1. The molecule has 1 unspecified atom stereocenters. The Morgan fingerprint density at radius 1 is 1.22 bits per heavy atom. The fourth-order valence-electron chi connectivity index (χ4n) is 3.95. The minimum absolute atomic E-state index is 0.276. The summed E-state index contributed by atoms with van der Waals surface area (Å²) in [5, 5.41) is 9.39. The van der Waals surface area contributed by atoms with E-state index in [0.717, 1.165) is 42.0 Å². The van der Waals surface area contributed by atoms with Crippen molar-refractivity contribution in [3.63, 3.8) is 0 Å². The van der Waals surface area contributed by atoms with Gasteiger partial charge in [0.25, 0.3) is 0 Å². The smallest absolute Gasteiger partial charge is 0.406 e. The van der Waals surface area contributed by atoms with Gasteiger partial charge in [0.2, 0.25) is 11.0 Å². The highest BCUT2D eigenvalue weighted by atomic mass is 32.1. The van der Waals surface area contributed by atoms with E-state index in [1.807, 2.05) is 6.07 Å². The van der Waals surface area contributed by atoms with Gasteiger partial charge < -0.3 is 16.2 Å². The van der Waals surface area contributed by atoms with Crippen molar-refractivity contribution in [1.29, 1.82) is 0 Å². The minimum Gasteiger partial charge on any atom is -0.406 e. The number of aromatic nitrogens is 3. The van der Waals surface area contributed by atoms with Crippen LogP contribution in [-0.4, -0.2) is 27.5 Å². The van der Waals surface area contributed by atoms with Gasteiger partial charge in [-0.25, -0.2) is 0 Å². The number of benzene rings is 1. The summed E-state index contributed by atoms with van der Waals surface area (Å²) >= 11 is 1.42. The molecule has 0 saturated heterocycles. The third-order valence-corrected chi connectivity index (χ3v) is 6.33. The predicted molar refractivity (Wildman–Crippen MR) is 112 cm³/mol. The van der Waals surface area contributed by atoms with E-state index in [9.17, 15) is 18.0 Å². The molecule has 4 rings (SSSR count). The normalized spacial score (nSPS) is 19.2. The first-order chi connectivity index (χ1) is 15.2.